The molecule has 0 spiro atoms. The maximum absolute atomic E-state index is 14.3. The average Bonchev–Trinajstić information content (AvgIpc) is 3.30. The smallest absolute Gasteiger partial charge is 0.222 e. The molecule has 11 heteroatoms. The van der Waals surface area contributed by atoms with Gasteiger partial charge in [0, 0.05) is 56.8 Å². The Morgan fingerprint density at radius 1 is 1.18 bits per heavy atom. The van der Waals surface area contributed by atoms with Gasteiger partial charge in [0.15, 0.2) is 0 Å². The van der Waals surface area contributed by atoms with Crippen molar-refractivity contribution in [3.05, 3.63) is 34.6 Å². The fourth-order valence-corrected chi connectivity index (χ4v) is 8.66. The summed E-state index contributed by atoms with van der Waals surface area (Å²) in [7, 11) is -3.20. The highest BCUT2D eigenvalue weighted by molar-refractivity contribution is 7.89. The highest BCUT2D eigenvalue weighted by Crippen LogP contribution is 2.33. The van der Waals surface area contributed by atoms with E-state index in [1.165, 1.54) is 6.07 Å². The molecule has 1 amide bonds. The molecule has 8 nitrogen and oxygen atoms in total. The number of hydrogen-bond acceptors (Lipinski definition) is 6. The number of ether oxygens (including phenoxy) is 1. The van der Waals surface area contributed by atoms with E-state index in [0.29, 0.717) is 51.7 Å². The van der Waals surface area contributed by atoms with Crippen molar-refractivity contribution < 1.29 is 22.3 Å². The van der Waals surface area contributed by atoms with Crippen molar-refractivity contribution in [3.8, 4) is 0 Å². The topological polar surface area (TPSA) is 91.0 Å². The van der Waals surface area contributed by atoms with Gasteiger partial charge in [-0.1, -0.05) is 24.1 Å². The number of piperazine rings is 1. The molecule has 3 heterocycles. The summed E-state index contributed by atoms with van der Waals surface area (Å²) in [6.07, 6.45) is 6.58. The lowest BCUT2D eigenvalue weighted by molar-refractivity contribution is -0.124. The van der Waals surface area contributed by atoms with E-state index >= 15 is 0 Å². The van der Waals surface area contributed by atoms with E-state index in [9.17, 15) is 17.6 Å². The molecule has 212 valence electrons. The number of fused-ring (bicyclic) bond motifs is 2. The predicted octanol–water partition coefficient (Wildman–Crippen LogP) is 3.07. The second kappa shape index (κ2) is 12.5. The third kappa shape index (κ3) is 6.70. The summed E-state index contributed by atoms with van der Waals surface area (Å²) in [5.74, 6) is 0.0619. The van der Waals surface area contributed by atoms with Crippen LogP contribution in [-0.4, -0.2) is 86.8 Å². The first-order valence-corrected chi connectivity index (χ1v) is 16.1. The van der Waals surface area contributed by atoms with E-state index < -0.39 is 15.8 Å². The van der Waals surface area contributed by atoms with Gasteiger partial charge in [0.1, 0.15) is 5.82 Å². The van der Waals surface area contributed by atoms with E-state index in [-0.39, 0.29) is 47.3 Å². The van der Waals surface area contributed by atoms with Crippen molar-refractivity contribution in [2.75, 3.05) is 45.1 Å². The fraction of sp³-hybridized carbons (Fsp3) is 0.741. The summed E-state index contributed by atoms with van der Waals surface area (Å²) in [6, 6.07) is 4.87. The van der Waals surface area contributed by atoms with Crippen LogP contribution in [0, 0.1) is 11.7 Å². The van der Waals surface area contributed by atoms with Crippen LogP contribution in [0.1, 0.15) is 63.0 Å². The van der Waals surface area contributed by atoms with Crippen LogP contribution >= 0.6 is 11.6 Å². The summed E-state index contributed by atoms with van der Waals surface area (Å²) in [5.41, 5.74) is 0.744. The van der Waals surface area contributed by atoms with Crippen LogP contribution in [0.2, 0.25) is 5.02 Å². The maximum atomic E-state index is 14.3. The van der Waals surface area contributed by atoms with Gasteiger partial charge in [0.2, 0.25) is 15.9 Å². The molecule has 4 fully saturated rings. The van der Waals surface area contributed by atoms with E-state index in [1.807, 2.05) is 0 Å². The minimum atomic E-state index is -3.20. The molecule has 3 saturated heterocycles. The second-order valence-electron chi connectivity index (χ2n) is 11.3. The number of rotatable bonds is 8. The number of nitrogens with one attached hydrogen (secondary N) is 2. The molecule has 0 aromatic heterocycles. The first kappa shape index (κ1) is 28.2. The van der Waals surface area contributed by atoms with Crippen LogP contribution in [0.3, 0.4) is 0 Å². The number of sulfonamides is 1. The molecule has 1 aliphatic carbocycles. The van der Waals surface area contributed by atoms with Crippen molar-refractivity contribution in [1.82, 2.24) is 19.8 Å². The molecule has 2 N–H and O–H groups in total. The zero-order valence-electron chi connectivity index (χ0n) is 21.9. The molecule has 1 aromatic carbocycles. The van der Waals surface area contributed by atoms with Crippen molar-refractivity contribution in [2.45, 2.75) is 75.5 Å². The highest BCUT2D eigenvalue weighted by Gasteiger charge is 2.39. The van der Waals surface area contributed by atoms with Gasteiger partial charge in [-0.25, -0.2) is 12.8 Å². The summed E-state index contributed by atoms with van der Waals surface area (Å²) < 4.78 is 47.2. The molecule has 3 aliphatic heterocycles. The predicted molar refractivity (Wildman–Crippen MR) is 145 cm³/mol. The Bertz CT molecular complexity index is 1090. The van der Waals surface area contributed by atoms with E-state index in [1.54, 1.807) is 16.4 Å². The third-order valence-corrected chi connectivity index (χ3v) is 11.1. The first-order chi connectivity index (χ1) is 18.3. The van der Waals surface area contributed by atoms with Gasteiger partial charge in [0.25, 0.3) is 0 Å². The number of carbonyl (C=O) groups is 1. The van der Waals surface area contributed by atoms with Crippen molar-refractivity contribution in [2.24, 2.45) is 5.92 Å². The van der Waals surface area contributed by atoms with Crippen LogP contribution in [0.15, 0.2) is 18.2 Å². The van der Waals surface area contributed by atoms with Crippen molar-refractivity contribution in [3.63, 3.8) is 0 Å². The van der Waals surface area contributed by atoms with Gasteiger partial charge in [0.05, 0.1) is 24.0 Å². The van der Waals surface area contributed by atoms with Gasteiger partial charge in [-0.05, 0) is 62.1 Å². The Kier molecular flexibility index (Phi) is 9.27. The monoisotopic (exact) mass is 570 g/mol. The fourth-order valence-electron chi connectivity index (χ4n) is 6.73. The van der Waals surface area contributed by atoms with Gasteiger partial charge in [-0.2, -0.15) is 4.31 Å². The van der Waals surface area contributed by atoms with E-state index in [2.05, 4.69) is 15.5 Å². The molecular weight excluding hydrogens is 531 g/mol. The SMILES string of the molecule is O=C(CC(c1ccc(Cl)c(F)c1)N1CCOCC1)NC1CCCC1CCC1CNC2CCCS(=O)(=O)N1C2. The van der Waals surface area contributed by atoms with E-state index in [4.69, 9.17) is 16.3 Å². The number of halogens is 2. The van der Waals surface area contributed by atoms with Crippen LogP contribution in [0.5, 0.6) is 0 Å². The minimum Gasteiger partial charge on any atom is -0.379 e. The molecule has 6 unspecified atom stereocenters. The largest absolute Gasteiger partial charge is 0.379 e. The molecule has 5 rings (SSSR count). The third-order valence-electron chi connectivity index (χ3n) is 8.83. The maximum Gasteiger partial charge on any atom is 0.222 e. The summed E-state index contributed by atoms with van der Waals surface area (Å²) in [4.78, 5) is 15.5. The molecule has 4 aliphatic rings. The Balaban J connectivity index is 1.20. The van der Waals surface area contributed by atoms with Crippen LogP contribution in [-0.2, 0) is 19.6 Å². The van der Waals surface area contributed by atoms with Gasteiger partial charge in [-0.3, -0.25) is 9.69 Å². The Morgan fingerprint density at radius 2 is 2.00 bits per heavy atom. The van der Waals surface area contributed by atoms with Crippen LogP contribution < -0.4 is 10.6 Å². The van der Waals surface area contributed by atoms with Crippen molar-refractivity contribution in [1.29, 1.82) is 0 Å². The van der Waals surface area contributed by atoms with Crippen LogP contribution in [0.4, 0.5) is 4.39 Å². The summed E-state index contributed by atoms with van der Waals surface area (Å²) in [6.45, 7) is 3.82. The van der Waals surface area contributed by atoms with E-state index in [0.717, 1.165) is 44.1 Å². The number of nitrogens with zero attached hydrogens (tertiary/aromatic N) is 2. The van der Waals surface area contributed by atoms with Crippen LogP contribution in [0.25, 0.3) is 0 Å². The Morgan fingerprint density at radius 3 is 2.79 bits per heavy atom. The first-order valence-electron chi connectivity index (χ1n) is 14.1. The van der Waals surface area contributed by atoms with Crippen molar-refractivity contribution >= 4 is 27.5 Å². The van der Waals surface area contributed by atoms with Gasteiger partial charge < -0.3 is 15.4 Å². The van der Waals surface area contributed by atoms with Gasteiger partial charge in [-0.15, -0.1) is 0 Å². The number of hydrogen-bond donors (Lipinski definition) is 2. The lowest BCUT2D eigenvalue weighted by Gasteiger charge is -2.38. The summed E-state index contributed by atoms with van der Waals surface area (Å²) in [5, 5.41) is 6.91. The molecular formula is C27H40ClFN4O4S. The normalized spacial score (nSPS) is 32.4. The zero-order chi connectivity index (χ0) is 26.7. The standard InChI is InChI=1S/C27H40ClFN4O4S/c28-23-9-7-20(15-24(23)29)26(32-10-12-37-13-11-32)16-27(34)31-25-5-1-3-19(25)6-8-22-17-30-21-4-2-14-38(35,36)33(22)18-21/h7,9,15,19,21-22,25-26,30H,1-6,8,10-14,16-18H2,(H,31,34). The number of carbonyl (C=O) groups excluding carboxylic acids is 1. The lowest BCUT2D eigenvalue weighted by Crippen LogP contribution is -2.57. The quantitative estimate of drug-likeness (QED) is 0.499. The number of benzene rings is 1. The Labute approximate surface area is 230 Å². The highest BCUT2D eigenvalue weighted by atomic mass is 35.5. The number of amides is 1. The molecule has 38 heavy (non-hydrogen) atoms. The average molecular weight is 571 g/mol. The Hall–Kier alpha value is -1.30. The molecule has 2 bridgehead atoms. The second-order valence-corrected chi connectivity index (χ2v) is 13.7. The van der Waals surface area contributed by atoms with Gasteiger partial charge >= 0.3 is 0 Å². The lowest BCUT2D eigenvalue weighted by atomic mass is 9.93. The minimum absolute atomic E-state index is 0.0168. The zero-order valence-corrected chi connectivity index (χ0v) is 23.5. The molecule has 1 saturated carbocycles. The summed E-state index contributed by atoms with van der Waals surface area (Å²) >= 11 is 5.92. The molecule has 6 atom stereocenters. The molecule has 0 radical (unpaired) electrons. The molecule has 1 aromatic rings. The number of morpholine rings is 1.